The van der Waals surface area contributed by atoms with Gasteiger partial charge >= 0.3 is 0 Å². The molecule has 0 spiro atoms. The molecule has 0 radical (unpaired) electrons. The van der Waals surface area contributed by atoms with E-state index in [9.17, 15) is 9.59 Å². The molecule has 1 heterocycles. The van der Waals surface area contributed by atoms with Gasteiger partial charge in [-0.1, -0.05) is 67.2 Å². The molecule has 0 fully saturated rings. The van der Waals surface area contributed by atoms with Gasteiger partial charge < -0.3 is 31.1 Å². The predicted octanol–water partition coefficient (Wildman–Crippen LogP) is 4.24. The van der Waals surface area contributed by atoms with Crippen molar-refractivity contribution in [2.75, 3.05) is 72.0 Å². The van der Waals surface area contributed by atoms with Gasteiger partial charge in [0.15, 0.2) is 0 Å². The van der Waals surface area contributed by atoms with Crippen LogP contribution in [0.4, 0.5) is 0 Å². The molecule has 1 unspecified atom stereocenters. The van der Waals surface area contributed by atoms with Crippen LogP contribution in [0.1, 0.15) is 107 Å². The van der Waals surface area contributed by atoms with E-state index in [1.54, 1.807) is 0 Å². The van der Waals surface area contributed by atoms with Crippen LogP contribution < -0.4 is 21.3 Å². The molecule has 9 nitrogen and oxygen atoms in total. The first-order valence-corrected chi connectivity index (χ1v) is 18.2. The third-order valence-corrected chi connectivity index (χ3v) is 8.38. The summed E-state index contributed by atoms with van der Waals surface area (Å²) >= 11 is 0. The average Bonchev–Trinajstić information content (AvgIpc) is 3.25. The number of nitrogens with zero attached hydrogens (tertiary/aromatic N) is 3. The van der Waals surface area contributed by atoms with Gasteiger partial charge in [-0.2, -0.15) is 0 Å². The maximum absolute atomic E-state index is 11.9. The summed E-state index contributed by atoms with van der Waals surface area (Å²) in [4.78, 5) is 30.4. The molecule has 1 rings (SSSR count). The largest absolute Gasteiger partial charge is 0.313 e. The summed E-state index contributed by atoms with van der Waals surface area (Å²) in [5, 5.41) is 14.5. The van der Waals surface area contributed by atoms with Crippen LogP contribution in [0, 0.1) is 5.92 Å². The lowest BCUT2D eigenvalue weighted by atomic mass is 9.93. The highest BCUT2D eigenvalue weighted by Crippen LogP contribution is 2.20. The second-order valence-electron chi connectivity index (χ2n) is 15.0. The van der Waals surface area contributed by atoms with E-state index >= 15 is 0 Å². The number of imide groups is 1. The molecule has 0 saturated heterocycles. The molecule has 0 bridgehead atoms. The third-order valence-electron chi connectivity index (χ3n) is 8.38. The first kappa shape index (κ1) is 41.7. The molecule has 4 N–H and O–H groups in total. The Morgan fingerprint density at radius 2 is 1.02 bits per heavy atom. The van der Waals surface area contributed by atoms with Gasteiger partial charge in [0.25, 0.3) is 11.8 Å². The normalized spacial score (nSPS) is 14.9. The second-order valence-corrected chi connectivity index (χ2v) is 15.0. The highest BCUT2D eigenvalue weighted by atomic mass is 16.2. The third kappa shape index (κ3) is 22.7. The topological polar surface area (TPSA) is 92.0 Å². The van der Waals surface area contributed by atoms with Gasteiger partial charge in [0.2, 0.25) is 0 Å². The van der Waals surface area contributed by atoms with E-state index in [2.05, 4.69) is 93.4 Å². The van der Waals surface area contributed by atoms with E-state index in [1.807, 2.05) is 0 Å². The van der Waals surface area contributed by atoms with E-state index in [1.165, 1.54) is 42.7 Å². The number of unbranched alkanes of at least 4 members (excludes halogenated alkanes) is 3. The summed E-state index contributed by atoms with van der Waals surface area (Å²) in [6.45, 7) is 31.2. The molecular formula is C36H73N7O2. The van der Waals surface area contributed by atoms with Gasteiger partial charge in [-0.3, -0.25) is 14.5 Å². The van der Waals surface area contributed by atoms with Crippen molar-refractivity contribution in [2.45, 2.75) is 131 Å². The number of carbonyl (C=O) groups is 2. The van der Waals surface area contributed by atoms with Crippen molar-refractivity contribution in [3.8, 4) is 0 Å². The number of hydrogen-bond donors (Lipinski definition) is 4. The number of hydrogen-bond acceptors (Lipinski definition) is 8. The van der Waals surface area contributed by atoms with E-state index in [0.29, 0.717) is 30.6 Å². The van der Waals surface area contributed by atoms with Crippen molar-refractivity contribution in [1.29, 1.82) is 0 Å². The molecule has 0 aromatic rings. The van der Waals surface area contributed by atoms with Crippen molar-refractivity contribution in [2.24, 2.45) is 5.92 Å². The van der Waals surface area contributed by atoms with Gasteiger partial charge in [-0.05, 0) is 59.0 Å². The highest BCUT2D eigenvalue weighted by Gasteiger charge is 2.22. The summed E-state index contributed by atoms with van der Waals surface area (Å²) in [6.07, 6.45) is 10.8. The zero-order valence-electron chi connectivity index (χ0n) is 30.9. The SMILES string of the molecule is CC(C)NCCN(CCNC(C)C)CCC(CCCCCCN1C(=O)C=CC1=O)CCN(CCNC(C)C)CCNC(C)(C)C. The van der Waals surface area contributed by atoms with E-state index < -0.39 is 0 Å². The summed E-state index contributed by atoms with van der Waals surface area (Å²) in [5.41, 5.74) is 0.133. The zero-order chi connectivity index (χ0) is 33.7. The van der Waals surface area contributed by atoms with Crippen molar-refractivity contribution in [3.63, 3.8) is 0 Å². The Hall–Kier alpha value is -1.36. The number of amides is 2. The molecule has 1 aliphatic rings. The Labute approximate surface area is 278 Å². The van der Waals surface area contributed by atoms with Crippen molar-refractivity contribution in [1.82, 2.24) is 36.0 Å². The van der Waals surface area contributed by atoms with Crippen LogP contribution >= 0.6 is 0 Å². The van der Waals surface area contributed by atoms with Gasteiger partial charge in [0, 0.05) is 94.7 Å². The Balaban J connectivity index is 2.75. The van der Waals surface area contributed by atoms with Crippen LogP contribution in [0.15, 0.2) is 12.2 Å². The molecule has 0 aromatic heterocycles. The Bertz CT molecular complexity index is 778. The van der Waals surface area contributed by atoms with Crippen molar-refractivity contribution >= 4 is 11.8 Å². The molecule has 0 aromatic carbocycles. The first-order chi connectivity index (χ1) is 21.3. The van der Waals surface area contributed by atoms with Crippen molar-refractivity contribution < 1.29 is 9.59 Å². The molecule has 2 amide bonds. The summed E-state index contributed by atoms with van der Waals surface area (Å²) in [5.74, 6) is 0.357. The highest BCUT2D eigenvalue weighted by molar-refractivity contribution is 6.12. The van der Waals surface area contributed by atoms with Crippen LogP contribution in [0.5, 0.6) is 0 Å². The lowest BCUT2D eigenvalue weighted by molar-refractivity contribution is -0.136. The number of nitrogens with one attached hydrogen (secondary N) is 4. The lowest BCUT2D eigenvalue weighted by Crippen LogP contribution is -2.44. The summed E-state index contributed by atoms with van der Waals surface area (Å²) < 4.78 is 0. The lowest BCUT2D eigenvalue weighted by Gasteiger charge is -2.29. The van der Waals surface area contributed by atoms with Crippen molar-refractivity contribution in [3.05, 3.63) is 12.2 Å². The van der Waals surface area contributed by atoms with Crippen LogP contribution in [0.3, 0.4) is 0 Å². The van der Waals surface area contributed by atoms with Crippen LogP contribution in [0.2, 0.25) is 0 Å². The van der Waals surface area contributed by atoms with Gasteiger partial charge in [-0.25, -0.2) is 0 Å². The first-order valence-electron chi connectivity index (χ1n) is 18.2. The fourth-order valence-corrected chi connectivity index (χ4v) is 5.67. The molecule has 45 heavy (non-hydrogen) atoms. The maximum Gasteiger partial charge on any atom is 0.253 e. The monoisotopic (exact) mass is 636 g/mol. The average molecular weight is 636 g/mol. The smallest absolute Gasteiger partial charge is 0.253 e. The van der Waals surface area contributed by atoms with Gasteiger partial charge in [-0.15, -0.1) is 0 Å². The van der Waals surface area contributed by atoms with Gasteiger partial charge in [0.05, 0.1) is 0 Å². The van der Waals surface area contributed by atoms with Crippen LogP contribution in [-0.4, -0.2) is 122 Å². The fraction of sp³-hybridized carbons (Fsp3) is 0.889. The number of rotatable bonds is 28. The standard InChI is InChI=1S/C36H73N7O2/c1-30(2)37-19-26-41(27-20-38-31(3)4)24-17-33(14-12-10-11-13-23-43-34(44)15-16-35(43)45)18-25-42(28-21-39-32(5)6)29-22-40-36(7,8)9/h15-16,30-33,37-40H,10-14,17-29H2,1-9H3. The van der Waals surface area contributed by atoms with Crippen LogP contribution in [0.25, 0.3) is 0 Å². The van der Waals surface area contributed by atoms with E-state index in [0.717, 1.165) is 84.7 Å². The zero-order valence-corrected chi connectivity index (χ0v) is 30.9. The molecule has 1 aliphatic heterocycles. The van der Waals surface area contributed by atoms with E-state index in [-0.39, 0.29) is 17.4 Å². The van der Waals surface area contributed by atoms with Crippen LogP contribution in [-0.2, 0) is 9.59 Å². The predicted molar refractivity (Wildman–Crippen MR) is 192 cm³/mol. The molecule has 9 heteroatoms. The quantitative estimate of drug-likeness (QED) is 0.0750. The molecular weight excluding hydrogens is 562 g/mol. The Kier molecular flexibility index (Phi) is 22.1. The molecule has 1 atom stereocenters. The minimum atomic E-state index is -0.164. The van der Waals surface area contributed by atoms with E-state index in [4.69, 9.17) is 0 Å². The minimum absolute atomic E-state index is 0.133. The fourth-order valence-electron chi connectivity index (χ4n) is 5.67. The Morgan fingerprint density at radius 3 is 1.44 bits per heavy atom. The summed E-state index contributed by atoms with van der Waals surface area (Å²) in [6, 6.07) is 1.53. The summed E-state index contributed by atoms with van der Waals surface area (Å²) in [7, 11) is 0. The maximum atomic E-state index is 11.9. The van der Waals surface area contributed by atoms with Gasteiger partial charge in [0.1, 0.15) is 0 Å². The molecule has 0 aliphatic carbocycles. The molecule has 264 valence electrons. The number of carbonyl (C=O) groups excluding carboxylic acids is 2. The second kappa shape index (κ2) is 23.9. The Morgan fingerprint density at radius 1 is 0.600 bits per heavy atom. The molecule has 0 saturated carbocycles. The minimum Gasteiger partial charge on any atom is -0.313 e.